The van der Waals surface area contributed by atoms with Gasteiger partial charge in [0, 0.05) is 30.2 Å². The highest BCUT2D eigenvalue weighted by Gasteiger charge is 2.35. The Bertz CT molecular complexity index is 897. The summed E-state index contributed by atoms with van der Waals surface area (Å²) in [5, 5.41) is 16.7. The summed E-state index contributed by atoms with van der Waals surface area (Å²) in [4.78, 5) is 16.9. The number of nitrogens with zero attached hydrogens (tertiary/aromatic N) is 4. The average molecular weight is 445 g/mol. The molecule has 168 valence electrons. The van der Waals surface area contributed by atoms with Crippen molar-refractivity contribution in [2.24, 2.45) is 5.92 Å². The van der Waals surface area contributed by atoms with Crippen LogP contribution in [-0.4, -0.2) is 56.8 Å². The van der Waals surface area contributed by atoms with E-state index in [1.807, 2.05) is 44.8 Å². The van der Waals surface area contributed by atoms with Gasteiger partial charge in [-0.1, -0.05) is 50.4 Å². The van der Waals surface area contributed by atoms with E-state index in [1.165, 1.54) is 6.42 Å². The Morgan fingerprint density at radius 2 is 2.03 bits per heavy atom. The van der Waals surface area contributed by atoms with Gasteiger partial charge in [-0.3, -0.25) is 14.4 Å². The van der Waals surface area contributed by atoms with Crippen molar-refractivity contribution in [3.05, 3.63) is 41.0 Å². The molecule has 1 amide bonds. The molecule has 2 aliphatic heterocycles. The number of rotatable bonds is 6. The van der Waals surface area contributed by atoms with E-state index >= 15 is 0 Å². The van der Waals surface area contributed by atoms with Crippen molar-refractivity contribution in [2.45, 2.75) is 58.2 Å². The number of amides is 1. The lowest BCUT2D eigenvalue weighted by Gasteiger charge is -2.39. The van der Waals surface area contributed by atoms with Gasteiger partial charge in [0.15, 0.2) is 6.23 Å². The van der Waals surface area contributed by atoms with Crippen molar-refractivity contribution < 1.29 is 9.90 Å². The van der Waals surface area contributed by atoms with Crippen molar-refractivity contribution in [3.63, 3.8) is 0 Å². The second-order valence-corrected chi connectivity index (χ2v) is 9.53. The predicted molar refractivity (Wildman–Crippen MR) is 123 cm³/mol. The Labute approximate surface area is 189 Å². The Hall–Kier alpha value is -1.89. The van der Waals surface area contributed by atoms with Gasteiger partial charge in [-0.2, -0.15) is 5.10 Å². The molecule has 1 fully saturated rings. The highest BCUT2D eigenvalue weighted by molar-refractivity contribution is 6.30. The van der Waals surface area contributed by atoms with Crippen LogP contribution in [0.1, 0.15) is 63.9 Å². The maximum Gasteiger partial charge on any atom is 0.236 e. The standard InChI is InChI=1S/C24H33ClN4O2/c1-3-4-7-20-15-28(16-23(30)27-12-5-6-17(2)14-27)24(31)22-13-21(26-29(20)22)18-8-10-19(25)11-9-18/h8-11,13,17,20,24,31H,3-7,12,14-16H2,1-2H3/t17-,20?,24?/m1/s1. The van der Waals surface area contributed by atoms with Gasteiger partial charge in [0.05, 0.1) is 24.0 Å². The largest absolute Gasteiger partial charge is 0.372 e. The summed E-state index contributed by atoms with van der Waals surface area (Å²) >= 11 is 6.04. The van der Waals surface area contributed by atoms with Crippen LogP contribution in [0.15, 0.2) is 30.3 Å². The van der Waals surface area contributed by atoms with Crippen molar-refractivity contribution in [2.75, 3.05) is 26.2 Å². The molecule has 0 radical (unpaired) electrons. The zero-order valence-electron chi connectivity index (χ0n) is 18.5. The summed E-state index contributed by atoms with van der Waals surface area (Å²) in [6, 6.07) is 9.70. The third kappa shape index (κ3) is 4.97. The van der Waals surface area contributed by atoms with E-state index in [4.69, 9.17) is 16.7 Å². The van der Waals surface area contributed by atoms with Crippen LogP contribution in [0.5, 0.6) is 0 Å². The van der Waals surface area contributed by atoms with E-state index in [-0.39, 0.29) is 18.5 Å². The lowest BCUT2D eigenvalue weighted by Crippen LogP contribution is -2.49. The summed E-state index contributed by atoms with van der Waals surface area (Å²) in [6.07, 6.45) is 4.57. The molecular formula is C24H33ClN4O2. The molecule has 2 unspecified atom stereocenters. The summed E-state index contributed by atoms with van der Waals surface area (Å²) in [5.74, 6) is 0.662. The first kappa shape index (κ1) is 22.3. The number of likely N-dealkylation sites (tertiary alicyclic amines) is 1. The molecule has 6 nitrogen and oxygen atoms in total. The molecule has 0 saturated carbocycles. The van der Waals surface area contributed by atoms with E-state index in [9.17, 15) is 9.90 Å². The van der Waals surface area contributed by atoms with Crippen LogP contribution in [0.4, 0.5) is 0 Å². The molecule has 4 rings (SSSR count). The number of piperidine rings is 1. The van der Waals surface area contributed by atoms with Crippen LogP contribution in [0.3, 0.4) is 0 Å². The average Bonchev–Trinajstić information content (AvgIpc) is 3.21. The van der Waals surface area contributed by atoms with Crippen molar-refractivity contribution in [1.29, 1.82) is 0 Å². The van der Waals surface area contributed by atoms with E-state index in [0.717, 1.165) is 55.7 Å². The fraction of sp³-hybridized carbons (Fsp3) is 0.583. The molecule has 0 aliphatic carbocycles. The first-order chi connectivity index (χ1) is 15.0. The number of hydrogen-bond donors (Lipinski definition) is 1. The lowest BCUT2D eigenvalue weighted by atomic mass is 10.00. The predicted octanol–water partition coefficient (Wildman–Crippen LogP) is 4.50. The van der Waals surface area contributed by atoms with Crippen LogP contribution in [0.2, 0.25) is 5.02 Å². The summed E-state index contributed by atoms with van der Waals surface area (Å²) in [5.41, 5.74) is 2.56. The van der Waals surface area contributed by atoms with Gasteiger partial charge in [0.2, 0.25) is 5.91 Å². The topological polar surface area (TPSA) is 61.6 Å². The Morgan fingerprint density at radius 1 is 1.26 bits per heavy atom. The van der Waals surface area contributed by atoms with Crippen LogP contribution < -0.4 is 0 Å². The first-order valence-electron chi connectivity index (χ1n) is 11.5. The monoisotopic (exact) mass is 444 g/mol. The lowest BCUT2D eigenvalue weighted by molar-refractivity contribution is -0.139. The number of carbonyl (C=O) groups excluding carboxylic acids is 1. The number of carbonyl (C=O) groups is 1. The minimum absolute atomic E-state index is 0.116. The van der Waals surface area contributed by atoms with Gasteiger partial charge < -0.3 is 10.0 Å². The Morgan fingerprint density at radius 3 is 2.74 bits per heavy atom. The minimum Gasteiger partial charge on any atom is -0.372 e. The van der Waals surface area contributed by atoms with Gasteiger partial charge in [-0.05, 0) is 43.4 Å². The normalized spacial score (nSPS) is 24.3. The maximum absolute atomic E-state index is 13.0. The minimum atomic E-state index is -0.836. The number of benzene rings is 1. The fourth-order valence-corrected chi connectivity index (χ4v) is 4.91. The Kier molecular flexibility index (Phi) is 6.99. The van der Waals surface area contributed by atoms with E-state index in [1.54, 1.807) is 0 Å². The van der Waals surface area contributed by atoms with Gasteiger partial charge in [-0.15, -0.1) is 0 Å². The van der Waals surface area contributed by atoms with Crippen LogP contribution in [0, 0.1) is 5.92 Å². The quantitative estimate of drug-likeness (QED) is 0.712. The molecule has 1 aromatic heterocycles. The van der Waals surface area contributed by atoms with Crippen LogP contribution in [0.25, 0.3) is 11.3 Å². The summed E-state index contributed by atoms with van der Waals surface area (Å²) in [6.45, 7) is 6.90. The Balaban J connectivity index is 1.56. The molecule has 2 aromatic rings. The summed E-state index contributed by atoms with van der Waals surface area (Å²) in [7, 11) is 0. The van der Waals surface area contributed by atoms with Gasteiger partial charge >= 0.3 is 0 Å². The van der Waals surface area contributed by atoms with Crippen LogP contribution >= 0.6 is 11.6 Å². The number of aromatic nitrogens is 2. The number of halogens is 1. The molecule has 1 saturated heterocycles. The fourth-order valence-electron chi connectivity index (χ4n) is 4.78. The highest BCUT2D eigenvalue weighted by atomic mass is 35.5. The van der Waals surface area contributed by atoms with Gasteiger partial charge in [0.25, 0.3) is 0 Å². The molecule has 3 atom stereocenters. The molecule has 1 aromatic carbocycles. The number of aliphatic hydroxyl groups excluding tert-OH is 1. The highest BCUT2D eigenvalue weighted by Crippen LogP contribution is 2.34. The van der Waals surface area contributed by atoms with Crippen molar-refractivity contribution in [3.8, 4) is 11.3 Å². The third-order valence-electron chi connectivity index (χ3n) is 6.55. The number of fused-ring (bicyclic) bond motifs is 1. The third-order valence-corrected chi connectivity index (χ3v) is 6.80. The van der Waals surface area contributed by atoms with Crippen LogP contribution in [-0.2, 0) is 4.79 Å². The molecule has 0 bridgehead atoms. The molecule has 3 heterocycles. The molecule has 2 aliphatic rings. The summed E-state index contributed by atoms with van der Waals surface area (Å²) < 4.78 is 1.98. The van der Waals surface area contributed by atoms with Crippen molar-refractivity contribution >= 4 is 17.5 Å². The number of unbranched alkanes of at least 4 members (excludes halogenated alkanes) is 1. The molecule has 1 N–H and O–H groups in total. The smallest absolute Gasteiger partial charge is 0.236 e. The van der Waals surface area contributed by atoms with E-state index in [0.29, 0.717) is 17.5 Å². The van der Waals surface area contributed by atoms with Gasteiger partial charge in [0.1, 0.15) is 0 Å². The second-order valence-electron chi connectivity index (χ2n) is 9.09. The van der Waals surface area contributed by atoms with Crippen molar-refractivity contribution in [1.82, 2.24) is 19.6 Å². The zero-order chi connectivity index (χ0) is 22.0. The van der Waals surface area contributed by atoms with E-state index < -0.39 is 6.23 Å². The second kappa shape index (κ2) is 9.72. The van der Waals surface area contributed by atoms with E-state index in [2.05, 4.69) is 13.8 Å². The van der Waals surface area contributed by atoms with Gasteiger partial charge in [-0.25, -0.2) is 0 Å². The number of aliphatic hydroxyl groups is 1. The zero-order valence-corrected chi connectivity index (χ0v) is 19.3. The SMILES string of the molecule is CCCCC1CN(CC(=O)N2CCC[C@@H](C)C2)C(O)c2cc(-c3ccc(Cl)cc3)nn21. The molecule has 0 spiro atoms. The molecule has 7 heteroatoms. The molecular weight excluding hydrogens is 412 g/mol. The first-order valence-corrected chi connectivity index (χ1v) is 11.9. The number of hydrogen-bond acceptors (Lipinski definition) is 4. The molecule has 31 heavy (non-hydrogen) atoms. The maximum atomic E-state index is 13.0.